The number of aromatic nitrogens is 4. The molecular formula is C38H24N4O. The van der Waals surface area contributed by atoms with Gasteiger partial charge in [0.2, 0.25) is 0 Å². The molecule has 3 aromatic heterocycles. The summed E-state index contributed by atoms with van der Waals surface area (Å²) in [6.45, 7) is 0. The van der Waals surface area contributed by atoms with Crippen molar-refractivity contribution in [2.45, 2.75) is 0 Å². The maximum atomic E-state index is 6.33. The standard InChI is InChI=1S/C38H24N4O/c1-3-9-27(10-4-1)36-40-37(28-11-5-2-6-12-28)42-38(41-36)31-14-7-15-34-35(31)32-23-29(20-21-33(32)43-34)25-16-18-26(19-17-25)30-13-8-22-39-24-30/h1-24H. The van der Waals surface area contributed by atoms with E-state index in [9.17, 15) is 0 Å². The van der Waals surface area contributed by atoms with Gasteiger partial charge in [0.1, 0.15) is 11.2 Å². The zero-order valence-corrected chi connectivity index (χ0v) is 23.1. The SMILES string of the molecule is c1ccc(-c2nc(-c3ccccc3)nc(-c3cccc4oc5ccc(-c6ccc(-c7cccnc7)cc6)cc5c34)n2)cc1. The molecule has 3 heterocycles. The van der Waals surface area contributed by atoms with Crippen molar-refractivity contribution in [3.05, 3.63) is 146 Å². The minimum absolute atomic E-state index is 0.604. The average molecular weight is 553 g/mol. The number of rotatable bonds is 5. The molecule has 0 aliphatic rings. The van der Waals surface area contributed by atoms with Crippen LogP contribution >= 0.6 is 0 Å². The summed E-state index contributed by atoms with van der Waals surface area (Å²) in [6.07, 6.45) is 3.67. The molecule has 0 radical (unpaired) electrons. The molecule has 0 saturated carbocycles. The summed E-state index contributed by atoms with van der Waals surface area (Å²) in [6, 6.07) is 45.0. The van der Waals surface area contributed by atoms with E-state index in [1.54, 1.807) is 6.20 Å². The quantitative estimate of drug-likeness (QED) is 0.213. The summed E-state index contributed by atoms with van der Waals surface area (Å²) < 4.78 is 6.33. The Morgan fingerprint density at radius 3 is 1.67 bits per heavy atom. The van der Waals surface area contributed by atoms with Gasteiger partial charge in [-0.25, -0.2) is 15.0 Å². The van der Waals surface area contributed by atoms with Crippen molar-refractivity contribution in [3.63, 3.8) is 0 Å². The maximum Gasteiger partial charge on any atom is 0.164 e. The number of hydrogen-bond donors (Lipinski definition) is 0. The van der Waals surface area contributed by atoms with Crippen molar-refractivity contribution in [1.82, 2.24) is 19.9 Å². The maximum absolute atomic E-state index is 6.33. The summed E-state index contributed by atoms with van der Waals surface area (Å²) in [5, 5.41) is 2.00. The third-order valence-electron chi connectivity index (χ3n) is 7.65. The van der Waals surface area contributed by atoms with E-state index >= 15 is 0 Å². The van der Waals surface area contributed by atoms with Crippen LogP contribution in [0, 0.1) is 0 Å². The first-order valence-electron chi connectivity index (χ1n) is 14.1. The van der Waals surface area contributed by atoms with Crippen LogP contribution in [0.1, 0.15) is 0 Å². The lowest BCUT2D eigenvalue weighted by Gasteiger charge is -2.09. The Bertz CT molecular complexity index is 2150. The van der Waals surface area contributed by atoms with Crippen LogP contribution in [-0.4, -0.2) is 19.9 Å². The first-order valence-corrected chi connectivity index (χ1v) is 14.1. The molecule has 0 saturated heterocycles. The fourth-order valence-electron chi connectivity index (χ4n) is 5.51. The number of hydrogen-bond acceptors (Lipinski definition) is 5. The van der Waals surface area contributed by atoms with E-state index in [0.29, 0.717) is 17.5 Å². The van der Waals surface area contributed by atoms with E-state index in [4.69, 9.17) is 19.4 Å². The smallest absolute Gasteiger partial charge is 0.164 e. The minimum Gasteiger partial charge on any atom is -0.456 e. The van der Waals surface area contributed by atoms with Gasteiger partial charge in [-0.1, -0.05) is 109 Å². The van der Waals surface area contributed by atoms with Gasteiger partial charge in [-0.15, -0.1) is 0 Å². The monoisotopic (exact) mass is 552 g/mol. The summed E-state index contributed by atoms with van der Waals surface area (Å²) in [7, 11) is 0. The van der Waals surface area contributed by atoms with Gasteiger partial charge >= 0.3 is 0 Å². The lowest BCUT2D eigenvalue weighted by molar-refractivity contribution is 0.669. The summed E-state index contributed by atoms with van der Waals surface area (Å²) in [5.41, 5.74) is 8.83. The Morgan fingerprint density at radius 1 is 0.419 bits per heavy atom. The normalized spacial score (nSPS) is 11.3. The van der Waals surface area contributed by atoms with Gasteiger partial charge in [0.05, 0.1) is 0 Å². The molecule has 43 heavy (non-hydrogen) atoms. The molecule has 0 N–H and O–H groups in total. The highest BCUT2D eigenvalue weighted by Gasteiger charge is 2.18. The van der Waals surface area contributed by atoms with Crippen molar-refractivity contribution in [2.24, 2.45) is 0 Å². The largest absolute Gasteiger partial charge is 0.456 e. The van der Waals surface area contributed by atoms with E-state index in [0.717, 1.165) is 60.9 Å². The zero-order valence-electron chi connectivity index (χ0n) is 23.1. The van der Waals surface area contributed by atoms with Gasteiger partial charge < -0.3 is 4.42 Å². The lowest BCUT2D eigenvalue weighted by atomic mass is 9.98. The third-order valence-corrected chi connectivity index (χ3v) is 7.65. The van der Waals surface area contributed by atoms with E-state index in [1.165, 1.54) is 0 Å². The molecule has 0 fully saturated rings. The molecule has 0 bridgehead atoms. The van der Waals surface area contributed by atoms with Crippen molar-refractivity contribution in [1.29, 1.82) is 0 Å². The summed E-state index contributed by atoms with van der Waals surface area (Å²) in [4.78, 5) is 19.1. The topological polar surface area (TPSA) is 64.7 Å². The predicted octanol–water partition coefficient (Wildman–Crippen LogP) is 9.50. The highest BCUT2D eigenvalue weighted by atomic mass is 16.3. The second-order valence-electron chi connectivity index (χ2n) is 10.3. The molecule has 202 valence electrons. The summed E-state index contributed by atoms with van der Waals surface area (Å²) in [5.74, 6) is 1.86. The molecule has 0 aliphatic carbocycles. The molecule has 0 amide bonds. The second-order valence-corrected chi connectivity index (χ2v) is 10.3. The number of nitrogens with zero attached hydrogens (tertiary/aromatic N) is 4. The Hall–Kier alpha value is -5.94. The van der Waals surface area contributed by atoms with Crippen LogP contribution in [0.4, 0.5) is 0 Å². The molecule has 5 aromatic carbocycles. The summed E-state index contributed by atoms with van der Waals surface area (Å²) >= 11 is 0. The van der Waals surface area contributed by atoms with E-state index in [2.05, 4.69) is 53.5 Å². The van der Waals surface area contributed by atoms with Gasteiger partial charge in [-0.05, 0) is 46.5 Å². The van der Waals surface area contributed by atoms with Crippen molar-refractivity contribution < 1.29 is 4.42 Å². The molecule has 0 spiro atoms. The van der Waals surface area contributed by atoms with Gasteiger partial charge in [0.25, 0.3) is 0 Å². The van der Waals surface area contributed by atoms with E-state index in [-0.39, 0.29) is 0 Å². The minimum atomic E-state index is 0.604. The van der Waals surface area contributed by atoms with Crippen LogP contribution in [0.15, 0.2) is 150 Å². The van der Waals surface area contributed by atoms with Crippen molar-refractivity contribution in [2.75, 3.05) is 0 Å². The van der Waals surface area contributed by atoms with Gasteiger partial charge in [0, 0.05) is 39.9 Å². The van der Waals surface area contributed by atoms with Crippen LogP contribution < -0.4 is 0 Å². The first-order chi connectivity index (χ1) is 21.3. The molecule has 0 atom stereocenters. The van der Waals surface area contributed by atoms with Gasteiger partial charge in [-0.2, -0.15) is 0 Å². The van der Waals surface area contributed by atoms with Crippen LogP contribution in [0.25, 0.3) is 78.4 Å². The highest BCUT2D eigenvalue weighted by Crippen LogP contribution is 2.38. The van der Waals surface area contributed by atoms with Crippen LogP contribution in [0.2, 0.25) is 0 Å². The zero-order chi connectivity index (χ0) is 28.6. The Morgan fingerprint density at radius 2 is 1.02 bits per heavy atom. The van der Waals surface area contributed by atoms with Gasteiger partial charge in [0.15, 0.2) is 17.5 Å². The fourth-order valence-corrected chi connectivity index (χ4v) is 5.51. The average Bonchev–Trinajstić information content (AvgIpc) is 3.47. The molecule has 5 heteroatoms. The number of furan rings is 1. The lowest BCUT2D eigenvalue weighted by Crippen LogP contribution is -2.00. The molecule has 0 unspecified atom stereocenters. The third kappa shape index (κ3) is 4.63. The number of fused-ring (bicyclic) bond motifs is 3. The van der Waals surface area contributed by atoms with Crippen LogP contribution in [0.3, 0.4) is 0 Å². The van der Waals surface area contributed by atoms with Crippen LogP contribution in [-0.2, 0) is 0 Å². The van der Waals surface area contributed by atoms with Crippen molar-refractivity contribution in [3.8, 4) is 56.4 Å². The molecular weight excluding hydrogens is 528 g/mol. The Kier molecular flexibility index (Phi) is 6.05. The predicted molar refractivity (Wildman–Crippen MR) is 172 cm³/mol. The van der Waals surface area contributed by atoms with E-state index in [1.807, 2.05) is 91.1 Å². The molecule has 5 nitrogen and oxygen atoms in total. The number of pyridine rings is 1. The van der Waals surface area contributed by atoms with Gasteiger partial charge in [-0.3, -0.25) is 4.98 Å². The highest BCUT2D eigenvalue weighted by molar-refractivity contribution is 6.12. The molecule has 0 aliphatic heterocycles. The second kappa shape index (κ2) is 10.5. The Labute approximate surface area is 248 Å². The molecule has 8 aromatic rings. The molecule has 8 rings (SSSR count). The number of benzene rings is 5. The van der Waals surface area contributed by atoms with E-state index < -0.39 is 0 Å². The first kappa shape index (κ1) is 24.8. The fraction of sp³-hybridized carbons (Fsp3) is 0. The Balaban J connectivity index is 1.29. The van der Waals surface area contributed by atoms with Crippen molar-refractivity contribution >= 4 is 21.9 Å². The van der Waals surface area contributed by atoms with Crippen LogP contribution in [0.5, 0.6) is 0 Å².